The predicted octanol–water partition coefficient (Wildman–Crippen LogP) is 2.41. The minimum atomic E-state index is 0.0697. The summed E-state index contributed by atoms with van der Waals surface area (Å²) >= 11 is 5.74. The van der Waals surface area contributed by atoms with Gasteiger partial charge in [0.2, 0.25) is 0 Å². The van der Waals surface area contributed by atoms with Crippen molar-refractivity contribution in [1.82, 2.24) is 9.55 Å². The fourth-order valence-electron chi connectivity index (χ4n) is 1.60. The molecule has 86 valence electrons. The molecule has 2 heterocycles. The van der Waals surface area contributed by atoms with Crippen LogP contribution in [0.1, 0.15) is 13.3 Å². The number of hydrogen-bond acceptors (Lipinski definition) is 4. The molecule has 0 amide bonds. The van der Waals surface area contributed by atoms with Gasteiger partial charge in [0.15, 0.2) is 0 Å². The average molecular weight is 254 g/mol. The highest BCUT2D eigenvalue weighted by Gasteiger charge is 2.09. The minimum Gasteiger partial charge on any atom is -0.298 e. The van der Waals surface area contributed by atoms with Crippen LogP contribution in [-0.2, 0) is 6.54 Å². The molecule has 0 saturated heterocycles. The van der Waals surface area contributed by atoms with Gasteiger partial charge in [0.1, 0.15) is 4.70 Å². The summed E-state index contributed by atoms with van der Waals surface area (Å²) in [7, 11) is 0. The van der Waals surface area contributed by atoms with Gasteiger partial charge < -0.3 is 0 Å². The van der Waals surface area contributed by atoms with E-state index in [-0.39, 0.29) is 5.56 Å². The molecule has 2 aromatic heterocycles. The first kappa shape index (κ1) is 11.7. The number of thiophene rings is 1. The molecular weight excluding hydrogens is 240 g/mol. The van der Waals surface area contributed by atoms with Crippen molar-refractivity contribution in [1.29, 1.82) is 0 Å². The number of thiol groups is 1. The summed E-state index contributed by atoms with van der Waals surface area (Å²) in [5.74, 6) is 1.23. The fourth-order valence-corrected chi connectivity index (χ4v) is 2.77. The van der Waals surface area contributed by atoms with Gasteiger partial charge in [-0.2, -0.15) is 12.6 Å². The second-order valence-corrected chi connectivity index (χ2v) is 5.08. The Hall–Kier alpha value is -0.810. The van der Waals surface area contributed by atoms with E-state index in [4.69, 9.17) is 0 Å². The summed E-state index contributed by atoms with van der Waals surface area (Å²) in [6.07, 6.45) is 2.67. The van der Waals surface area contributed by atoms with Gasteiger partial charge in [0, 0.05) is 6.54 Å². The van der Waals surface area contributed by atoms with E-state index in [1.165, 1.54) is 11.3 Å². The Labute approximate surface area is 104 Å². The monoisotopic (exact) mass is 254 g/mol. The highest BCUT2D eigenvalue weighted by atomic mass is 32.1. The van der Waals surface area contributed by atoms with Crippen molar-refractivity contribution in [2.45, 2.75) is 19.9 Å². The molecule has 0 saturated carbocycles. The van der Waals surface area contributed by atoms with Gasteiger partial charge in [0.05, 0.1) is 11.8 Å². The highest BCUT2D eigenvalue weighted by Crippen LogP contribution is 2.14. The average Bonchev–Trinajstić information content (AvgIpc) is 2.77. The summed E-state index contributed by atoms with van der Waals surface area (Å²) in [5.41, 5.74) is 0.866. The first-order valence-electron chi connectivity index (χ1n) is 5.29. The molecule has 16 heavy (non-hydrogen) atoms. The smallest absolute Gasteiger partial charge is 0.271 e. The Kier molecular flexibility index (Phi) is 3.66. The lowest BCUT2D eigenvalue weighted by molar-refractivity contribution is 0.466. The summed E-state index contributed by atoms with van der Waals surface area (Å²) in [5, 5.41) is 1.90. The van der Waals surface area contributed by atoms with Gasteiger partial charge >= 0.3 is 0 Å². The molecule has 3 nitrogen and oxygen atoms in total. The molecule has 0 fully saturated rings. The number of fused-ring (bicyclic) bond motifs is 1. The number of rotatable bonds is 4. The maximum Gasteiger partial charge on any atom is 0.271 e. The van der Waals surface area contributed by atoms with Crippen LogP contribution < -0.4 is 5.56 Å². The summed E-state index contributed by atoms with van der Waals surface area (Å²) in [6.45, 7) is 2.82. The second kappa shape index (κ2) is 5.01. The molecule has 1 unspecified atom stereocenters. The first-order valence-corrected chi connectivity index (χ1v) is 6.81. The van der Waals surface area contributed by atoms with Crippen LogP contribution >= 0.6 is 24.0 Å². The second-order valence-electron chi connectivity index (χ2n) is 3.79. The summed E-state index contributed by atoms with van der Waals surface area (Å²) in [6, 6.07) is 1.88. The Morgan fingerprint density at radius 2 is 2.44 bits per heavy atom. The van der Waals surface area contributed by atoms with Gasteiger partial charge in [0.25, 0.3) is 5.56 Å². The van der Waals surface area contributed by atoms with Crippen molar-refractivity contribution >= 4 is 34.2 Å². The van der Waals surface area contributed by atoms with Crippen molar-refractivity contribution in [3.8, 4) is 0 Å². The van der Waals surface area contributed by atoms with Crippen LogP contribution in [0, 0.1) is 5.92 Å². The maximum atomic E-state index is 12.1. The third-order valence-corrected chi connectivity index (χ3v) is 4.13. The lowest BCUT2D eigenvalue weighted by Gasteiger charge is -2.13. The topological polar surface area (TPSA) is 34.9 Å². The van der Waals surface area contributed by atoms with E-state index < -0.39 is 0 Å². The number of aromatic nitrogens is 2. The van der Waals surface area contributed by atoms with E-state index in [0.29, 0.717) is 12.5 Å². The van der Waals surface area contributed by atoms with E-state index in [1.54, 1.807) is 10.9 Å². The predicted molar refractivity (Wildman–Crippen MR) is 71.5 cm³/mol. The van der Waals surface area contributed by atoms with E-state index in [0.717, 1.165) is 22.4 Å². The molecule has 0 radical (unpaired) electrons. The summed E-state index contributed by atoms with van der Waals surface area (Å²) in [4.78, 5) is 16.3. The zero-order chi connectivity index (χ0) is 11.5. The van der Waals surface area contributed by atoms with Gasteiger partial charge in [-0.05, 0) is 23.1 Å². The Morgan fingerprint density at radius 1 is 1.62 bits per heavy atom. The normalized spacial score (nSPS) is 13.1. The van der Waals surface area contributed by atoms with Gasteiger partial charge in [-0.3, -0.25) is 9.36 Å². The Morgan fingerprint density at radius 3 is 3.12 bits per heavy atom. The molecule has 0 spiro atoms. The summed E-state index contributed by atoms with van der Waals surface area (Å²) < 4.78 is 2.44. The molecule has 0 aromatic carbocycles. The third kappa shape index (κ3) is 2.15. The van der Waals surface area contributed by atoms with Crippen molar-refractivity contribution in [2.75, 3.05) is 5.75 Å². The first-order chi connectivity index (χ1) is 7.76. The van der Waals surface area contributed by atoms with Gasteiger partial charge in [-0.15, -0.1) is 11.3 Å². The quantitative estimate of drug-likeness (QED) is 0.850. The molecule has 2 aromatic rings. The van der Waals surface area contributed by atoms with Crippen molar-refractivity contribution in [3.05, 3.63) is 28.1 Å². The number of nitrogens with zero attached hydrogens (tertiary/aromatic N) is 2. The molecule has 1 atom stereocenters. The fraction of sp³-hybridized carbons (Fsp3) is 0.455. The molecule has 2 rings (SSSR count). The molecule has 0 aliphatic heterocycles. The molecule has 5 heteroatoms. The van der Waals surface area contributed by atoms with Crippen LogP contribution in [0.2, 0.25) is 0 Å². The highest BCUT2D eigenvalue weighted by molar-refractivity contribution is 7.80. The lowest BCUT2D eigenvalue weighted by Crippen LogP contribution is -2.24. The zero-order valence-corrected chi connectivity index (χ0v) is 10.8. The van der Waals surface area contributed by atoms with E-state index >= 15 is 0 Å². The Bertz CT molecular complexity index is 528. The van der Waals surface area contributed by atoms with E-state index in [9.17, 15) is 4.79 Å². The van der Waals surface area contributed by atoms with Crippen LogP contribution in [0.3, 0.4) is 0 Å². The van der Waals surface area contributed by atoms with Gasteiger partial charge in [-0.1, -0.05) is 13.3 Å². The molecule has 0 bridgehead atoms. The number of hydrogen-bond donors (Lipinski definition) is 1. The lowest BCUT2D eigenvalue weighted by atomic mass is 10.1. The standard InChI is InChI=1S/C11H14N2OS2/c1-2-8(6-15)5-13-7-12-9-3-4-16-10(9)11(13)14/h3-4,7-8,15H,2,5-6H2,1H3. The molecule has 0 N–H and O–H groups in total. The largest absolute Gasteiger partial charge is 0.298 e. The van der Waals surface area contributed by atoms with Crippen LogP contribution in [0.5, 0.6) is 0 Å². The molecular formula is C11H14N2OS2. The van der Waals surface area contributed by atoms with Crippen LogP contribution in [0.15, 0.2) is 22.6 Å². The third-order valence-electron chi connectivity index (χ3n) is 2.73. The van der Waals surface area contributed by atoms with Crippen LogP contribution in [-0.4, -0.2) is 15.3 Å². The van der Waals surface area contributed by atoms with Gasteiger partial charge in [-0.25, -0.2) is 4.98 Å². The van der Waals surface area contributed by atoms with Crippen molar-refractivity contribution in [3.63, 3.8) is 0 Å². The van der Waals surface area contributed by atoms with E-state index in [1.807, 2.05) is 11.4 Å². The maximum absolute atomic E-state index is 12.1. The van der Waals surface area contributed by atoms with Crippen LogP contribution in [0.4, 0.5) is 0 Å². The Balaban J connectivity index is 2.37. The zero-order valence-electron chi connectivity index (χ0n) is 9.09. The van der Waals surface area contributed by atoms with Crippen molar-refractivity contribution in [2.24, 2.45) is 5.92 Å². The SMILES string of the molecule is CCC(CS)Cn1cnc2ccsc2c1=O. The van der Waals surface area contributed by atoms with Crippen LogP contribution in [0.25, 0.3) is 10.2 Å². The molecule has 0 aliphatic carbocycles. The minimum absolute atomic E-state index is 0.0697. The van der Waals surface area contributed by atoms with E-state index in [2.05, 4.69) is 24.5 Å². The molecule has 0 aliphatic rings. The van der Waals surface area contributed by atoms with Crippen molar-refractivity contribution < 1.29 is 0 Å².